The fraction of sp³-hybridized carbons (Fsp3) is 0.481. The van der Waals surface area contributed by atoms with Gasteiger partial charge in [-0.3, -0.25) is 0 Å². The second-order valence-corrected chi connectivity index (χ2v) is 11.9. The minimum atomic E-state index is -4.55. The summed E-state index contributed by atoms with van der Waals surface area (Å²) >= 11 is 0. The average Bonchev–Trinajstić information content (AvgIpc) is 2.89. The van der Waals surface area contributed by atoms with Gasteiger partial charge in [-0.25, -0.2) is 26.8 Å². The van der Waals surface area contributed by atoms with Gasteiger partial charge in [0.15, 0.2) is 9.84 Å². The maximum Gasteiger partial charge on any atom is 0.416 e. The molecule has 0 radical (unpaired) electrons. The Kier molecular flexibility index (Phi) is 13.1. The maximum absolute atomic E-state index is 13.7. The van der Waals surface area contributed by atoms with E-state index in [0.717, 1.165) is 24.3 Å². The first-order valence-electron chi connectivity index (χ1n) is 13.1. The first-order chi connectivity index (χ1) is 19.6. The first-order valence-corrected chi connectivity index (χ1v) is 14.9. The maximum atomic E-state index is 13.7. The lowest BCUT2D eigenvalue weighted by Crippen LogP contribution is -2.53. The summed E-state index contributed by atoms with van der Waals surface area (Å²) in [5.41, 5.74) is 5.79. The Bertz CT molecular complexity index is 1290. The standard InChI is InChI=1S/C27H35F5N4O5S/c1-3-4-8-42(39,40)16-23(36-26(38)34-2)25(37)41-24(22(33)12-18-10-20(28)13-21(29)11-18)15-35-14-17-6-5-7-19(9-17)27(30,31)32/h5-7,9-11,13,22-24,35H,3-4,8,12,14-16,33H2,1-2H3,(H2,34,36,38)/t22-,23+,24+/m0/s1. The summed E-state index contributed by atoms with van der Waals surface area (Å²) in [4.78, 5) is 25.1. The number of ether oxygens (including phenoxy) is 1. The van der Waals surface area contributed by atoms with Gasteiger partial charge in [-0.05, 0) is 42.2 Å². The molecular weight excluding hydrogens is 587 g/mol. The molecule has 5 N–H and O–H groups in total. The van der Waals surface area contributed by atoms with Crippen molar-refractivity contribution < 1.29 is 44.7 Å². The molecule has 0 bridgehead atoms. The van der Waals surface area contributed by atoms with Crippen molar-refractivity contribution >= 4 is 21.8 Å². The highest BCUT2D eigenvalue weighted by Gasteiger charge is 2.32. The quantitative estimate of drug-likeness (QED) is 0.177. The van der Waals surface area contributed by atoms with Crippen LogP contribution in [0.3, 0.4) is 0 Å². The van der Waals surface area contributed by atoms with E-state index in [-0.39, 0.29) is 36.4 Å². The van der Waals surface area contributed by atoms with Crippen LogP contribution in [0.2, 0.25) is 0 Å². The number of nitrogens with one attached hydrogen (secondary N) is 3. The zero-order chi connectivity index (χ0) is 31.5. The van der Waals surface area contributed by atoms with Crippen LogP contribution in [0.4, 0.5) is 26.7 Å². The molecule has 2 amide bonds. The number of hydrogen-bond donors (Lipinski definition) is 4. The zero-order valence-corrected chi connectivity index (χ0v) is 24.0. The van der Waals surface area contributed by atoms with Gasteiger partial charge in [0.05, 0.1) is 17.1 Å². The van der Waals surface area contributed by atoms with Gasteiger partial charge in [0, 0.05) is 32.2 Å². The summed E-state index contributed by atoms with van der Waals surface area (Å²) < 4.78 is 97.4. The van der Waals surface area contributed by atoms with Crippen LogP contribution in [0.25, 0.3) is 0 Å². The summed E-state index contributed by atoms with van der Waals surface area (Å²) in [6.45, 7) is 1.47. The number of hydrogen-bond acceptors (Lipinski definition) is 7. The number of rotatable bonds is 15. The molecule has 0 aliphatic heterocycles. The van der Waals surface area contributed by atoms with E-state index in [9.17, 15) is 40.0 Å². The molecule has 0 aliphatic rings. The lowest BCUT2D eigenvalue weighted by Gasteiger charge is -2.27. The zero-order valence-electron chi connectivity index (χ0n) is 23.1. The number of nitrogens with two attached hydrogens (primary N) is 1. The van der Waals surface area contributed by atoms with Crippen molar-refractivity contribution in [3.05, 3.63) is 70.8 Å². The van der Waals surface area contributed by atoms with Gasteiger partial charge in [0.2, 0.25) is 0 Å². The van der Waals surface area contributed by atoms with E-state index in [4.69, 9.17) is 10.5 Å². The van der Waals surface area contributed by atoms with Crippen LogP contribution in [-0.2, 0) is 38.5 Å². The number of benzene rings is 2. The molecule has 9 nitrogen and oxygen atoms in total. The van der Waals surface area contributed by atoms with Gasteiger partial charge in [0.25, 0.3) is 0 Å². The lowest BCUT2D eigenvalue weighted by molar-refractivity contribution is -0.151. The van der Waals surface area contributed by atoms with Crippen LogP contribution >= 0.6 is 0 Å². The van der Waals surface area contributed by atoms with Crippen LogP contribution < -0.4 is 21.7 Å². The average molecular weight is 623 g/mol. The third-order valence-corrected chi connectivity index (χ3v) is 7.87. The van der Waals surface area contributed by atoms with Gasteiger partial charge >= 0.3 is 18.2 Å². The highest BCUT2D eigenvalue weighted by Crippen LogP contribution is 2.29. The molecule has 0 fully saturated rings. The van der Waals surface area contributed by atoms with E-state index in [1.54, 1.807) is 6.92 Å². The Labute approximate surface area is 241 Å². The van der Waals surface area contributed by atoms with Crippen LogP contribution in [0.15, 0.2) is 42.5 Å². The predicted molar refractivity (Wildman–Crippen MR) is 146 cm³/mol. The van der Waals surface area contributed by atoms with Crippen LogP contribution in [0.1, 0.15) is 36.5 Å². The number of esters is 1. The number of amides is 2. The van der Waals surface area contributed by atoms with E-state index in [1.807, 2.05) is 0 Å². The SMILES string of the molecule is CCCCS(=O)(=O)C[C@@H](NC(=O)NC)C(=O)O[C@H](CNCc1cccc(C(F)(F)F)c1)[C@@H](N)Cc1cc(F)cc(F)c1. The molecule has 2 aromatic rings. The van der Waals surface area contributed by atoms with Crippen molar-refractivity contribution in [2.45, 2.75) is 57.1 Å². The summed E-state index contributed by atoms with van der Waals surface area (Å²) in [6, 6.07) is 3.71. The van der Waals surface area contributed by atoms with Crippen molar-refractivity contribution in [2.75, 3.05) is 25.1 Å². The molecule has 0 unspecified atom stereocenters. The number of sulfone groups is 1. The smallest absolute Gasteiger partial charge is 0.416 e. The molecule has 0 spiro atoms. The third kappa shape index (κ3) is 11.9. The van der Waals surface area contributed by atoms with Crippen LogP contribution in [-0.4, -0.2) is 63.7 Å². The monoisotopic (exact) mass is 622 g/mol. The number of halogens is 5. The Morgan fingerprint density at radius 2 is 1.71 bits per heavy atom. The third-order valence-electron chi connectivity index (χ3n) is 6.11. The van der Waals surface area contributed by atoms with Crippen LogP contribution in [0, 0.1) is 11.6 Å². The highest BCUT2D eigenvalue weighted by atomic mass is 32.2. The number of unbranched alkanes of at least 4 members (excludes halogenated alkanes) is 1. The number of alkyl halides is 3. The molecule has 42 heavy (non-hydrogen) atoms. The second kappa shape index (κ2) is 15.8. The largest absolute Gasteiger partial charge is 0.458 e. The summed E-state index contributed by atoms with van der Waals surface area (Å²) in [5, 5.41) is 7.32. The molecule has 15 heteroatoms. The van der Waals surface area contributed by atoms with E-state index in [1.165, 1.54) is 19.2 Å². The van der Waals surface area contributed by atoms with E-state index in [0.29, 0.717) is 18.9 Å². The first kappa shape index (κ1) is 34.9. The van der Waals surface area contributed by atoms with Crippen molar-refractivity contribution in [1.82, 2.24) is 16.0 Å². The molecule has 0 aromatic heterocycles. The van der Waals surface area contributed by atoms with Gasteiger partial charge in [0.1, 0.15) is 23.8 Å². The summed E-state index contributed by atoms with van der Waals surface area (Å²) in [6.07, 6.45) is -5.07. The Balaban J connectivity index is 2.26. The predicted octanol–water partition coefficient (Wildman–Crippen LogP) is 3.07. The van der Waals surface area contributed by atoms with Crippen molar-refractivity contribution in [2.24, 2.45) is 5.73 Å². The van der Waals surface area contributed by atoms with E-state index < -0.39 is 69.2 Å². The van der Waals surface area contributed by atoms with Crippen molar-refractivity contribution in [1.29, 1.82) is 0 Å². The molecule has 0 saturated heterocycles. The van der Waals surface area contributed by atoms with Crippen molar-refractivity contribution in [3.63, 3.8) is 0 Å². The normalized spacial score (nSPS) is 14.1. The molecule has 0 heterocycles. The molecule has 0 aliphatic carbocycles. The molecule has 2 rings (SSSR count). The number of carbonyl (C=O) groups is 2. The Morgan fingerprint density at radius 3 is 2.31 bits per heavy atom. The fourth-order valence-electron chi connectivity index (χ4n) is 3.96. The molecular formula is C27H35F5N4O5S. The molecule has 0 saturated carbocycles. The summed E-state index contributed by atoms with van der Waals surface area (Å²) in [7, 11) is -2.53. The number of carbonyl (C=O) groups excluding carboxylic acids is 2. The highest BCUT2D eigenvalue weighted by molar-refractivity contribution is 7.91. The Hall–Kier alpha value is -3.30. The second-order valence-electron chi connectivity index (χ2n) is 9.69. The lowest BCUT2D eigenvalue weighted by atomic mass is 10.0. The topological polar surface area (TPSA) is 140 Å². The fourth-order valence-corrected chi connectivity index (χ4v) is 5.58. The van der Waals surface area contributed by atoms with E-state index >= 15 is 0 Å². The van der Waals surface area contributed by atoms with Gasteiger partial charge in [-0.1, -0.05) is 31.5 Å². The van der Waals surface area contributed by atoms with Gasteiger partial charge in [-0.2, -0.15) is 13.2 Å². The van der Waals surface area contributed by atoms with E-state index in [2.05, 4.69) is 16.0 Å². The van der Waals surface area contributed by atoms with Gasteiger partial charge < -0.3 is 26.4 Å². The van der Waals surface area contributed by atoms with Gasteiger partial charge in [-0.15, -0.1) is 0 Å². The minimum absolute atomic E-state index is 0.0927. The summed E-state index contributed by atoms with van der Waals surface area (Å²) in [5.74, 6) is -3.84. The number of urea groups is 1. The minimum Gasteiger partial charge on any atom is -0.458 e. The molecule has 3 atom stereocenters. The molecule has 234 valence electrons. The molecule has 2 aromatic carbocycles. The van der Waals surface area contributed by atoms with Crippen LogP contribution in [0.5, 0.6) is 0 Å². The van der Waals surface area contributed by atoms with Crippen molar-refractivity contribution in [3.8, 4) is 0 Å². The Morgan fingerprint density at radius 1 is 1.05 bits per heavy atom.